The van der Waals surface area contributed by atoms with Gasteiger partial charge in [-0.2, -0.15) is 0 Å². The third-order valence-electron chi connectivity index (χ3n) is 1.88. The van der Waals surface area contributed by atoms with Crippen molar-refractivity contribution in [3.63, 3.8) is 0 Å². The Morgan fingerprint density at radius 3 is 2.85 bits per heavy atom. The summed E-state index contributed by atoms with van der Waals surface area (Å²) in [7, 11) is 0. The molecule has 3 heteroatoms. The van der Waals surface area contributed by atoms with E-state index in [1.807, 2.05) is 18.2 Å². The Morgan fingerprint density at radius 2 is 2.23 bits per heavy atom. The molecule has 0 spiro atoms. The second-order valence-electron chi connectivity index (χ2n) is 2.97. The fraction of sp³-hybridized carbons (Fsp3) is 0.400. The van der Waals surface area contributed by atoms with Gasteiger partial charge in [-0.05, 0) is 52.8 Å². The van der Waals surface area contributed by atoms with Crippen LogP contribution in [-0.4, -0.2) is 5.11 Å². The molecule has 1 unspecified atom stereocenters. The van der Waals surface area contributed by atoms with Crippen LogP contribution in [0.15, 0.2) is 18.2 Å². The van der Waals surface area contributed by atoms with E-state index in [2.05, 4.69) is 29.5 Å². The fourth-order valence-electron chi connectivity index (χ4n) is 1.20. The average Bonchev–Trinajstić information content (AvgIpc) is 2.09. The SMILES string of the molecule is CCCC(O)c1cc(Cl)ccc1I. The van der Waals surface area contributed by atoms with E-state index in [0.717, 1.165) is 22.0 Å². The van der Waals surface area contributed by atoms with Crippen molar-refractivity contribution in [2.75, 3.05) is 0 Å². The van der Waals surface area contributed by atoms with Crippen LogP contribution < -0.4 is 0 Å². The summed E-state index contributed by atoms with van der Waals surface area (Å²) in [5, 5.41) is 10.4. The number of aliphatic hydroxyl groups is 1. The molecule has 72 valence electrons. The van der Waals surface area contributed by atoms with Crippen LogP contribution in [0.3, 0.4) is 0 Å². The van der Waals surface area contributed by atoms with Crippen molar-refractivity contribution in [3.8, 4) is 0 Å². The van der Waals surface area contributed by atoms with E-state index < -0.39 is 0 Å². The molecule has 1 aromatic carbocycles. The maximum Gasteiger partial charge on any atom is 0.0800 e. The zero-order chi connectivity index (χ0) is 9.84. The average molecular weight is 311 g/mol. The summed E-state index contributed by atoms with van der Waals surface area (Å²) in [4.78, 5) is 0. The molecular formula is C10H12ClIO. The van der Waals surface area contributed by atoms with Gasteiger partial charge < -0.3 is 5.11 Å². The lowest BCUT2D eigenvalue weighted by atomic mass is 10.1. The lowest BCUT2D eigenvalue weighted by Crippen LogP contribution is -1.99. The Balaban J connectivity index is 2.91. The van der Waals surface area contributed by atoms with Gasteiger partial charge in [-0.1, -0.05) is 24.9 Å². The van der Waals surface area contributed by atoms with Crippen LogP contribution in [0.2, 0.25) is 5.02 Å². The number of hydrogen-bond acceptors (Lipinski definition) is 1. The van der Waals surface area contributed by atoms with Gasteiger partial charge in [-0.25, -0.2) is 0 Å². The molecule has 0 aliphatic heterocycles. The zero-order valence-corrected chi connectivity index (χ0v) is 10.3. The largest absolute Gasteiger partial charge is 0.388 e. The molecule has 1 atom stereocenters. The number of hydrogen-bond donors (Lipinski definition) is 1. The quantitative estimate of drug-likeness (QED) is 0.843. The molecule has 0 aliphatic carbocycles. The predicted molar refractivity (Wildman–Crippen MR) is 64.0 cm³/mol. The summed E-state index contributed by atoms with van der Waals surface area (Å²) in [6, 6.07) is 5.60. The van der Waals surface area contributed by atoms with Crippen molar-refractivity contribution in [1.82, 2.24) is 0 Å². The molecule has 0 amide bonds. The van der Waals surface area contributed by atoms with E-state index in [0.29, 0.717) is 5.02 Å². The summed E-state index contributed by atoms with van der Waals surface area (Å²) < 4.78 is 1.07. The van der Waals surface area contributed by atoms with Gasteiger partial charge in [0.1, 0.15) is 0 Å². The molecule has 0 fully saturated rings. The van der Waals surface area contributed by atoms with E-state index >= 15 is 0 Å². The molecule has 0 aliphatic rings. The Morgan fingerprint density at radius 1 is 1.54 bits per heavy atom. The second kappa shape index (κ2) is 5.17. The monoisotopic (exact) mass is 310 g/mol. The van der Waals surface area contributed by atoms with E-state index in [1.54, 1.807) is 0 Å². The van der Waals surface area contributed by atoms with Crippen LogP contribution >= 0.6 is 34.2 Å². The Bertz CT molecular complexity index is 288. The molecule has 1 N–H and O–H groups in total. The van der Waals surface area contributed by atoms with Crippen LogP contribution in [0.4, 0.5) is 0 Å². The third kappa shape index (κ3) is 3.11. The van der Waals surface area contributed by atoms with E-state index in [4.69, 9.17) is 11.6 Å². The lowest BCUT2D eigenvalue weighted by molar-refractivity contribution is 0.165. The minimum atomic E-state index is -0.379. The molecule has 0 radical (unpaired) electrons. The first kappa shape index (κ1) is 11.3. The zero-order valence-electron chi connectivity index (χ0n) is 7.43. The van der Waals surface area contributed by atoms with Gasteiger partial charge in [0.05, 0.1) is 6.10 Å². The van der Waals surface area contributed by atoms with Crippen molar-refractivity contribution < 1.29 is 5.11 Å². The molecule has 1 nitrogen and oxygen atoms in total. The van der Waals surface area contributed by atoms with Crippen LogP contribution in [0.5, 0.6) is 0 Å². The second-order valence-corrected chi connectivity index (χ2v) is 4.57. The minimum absolute atomic E-state index is 0.379. The summed E-state index contributed by atoms with van der Waals surface area (Å²) in [5.74, 6) is 0. The van der Waals surface area contributed by atoms with Gasteiger partial charge >= 0.3 is 0 Å². The van der Waals surface area contributed by atoms with Crippen LogP contribution in [-0.2, 0) is 0 Å². The van der Waals surface area contributed by atoms with Crippen molar-refractivity contribution in [2.24, 2.45) is 0 Å². The normalized spacial score (nSPS) is 12.9. The first-order valence-electron chi connectivity index (χ1n) is 4.28. The molecule has 1 rings (SSSR count). The molecule has 0 heterocycles. The summed E-state index contributed by atoms with van der Waals surface area (Å²) in [5.41, 5.74) is 0.940. The third-order valence-corrected chi connectivity index (χ3v) is 3.10. The molecule has 0 saturated carbocycles. The van der Waals surface area contributed by atoms with Crippen molar-refractivity contribution in [3.05, 3.63) is 32.4 Å². The highest BCUT2D eigenvalue weighted by Gasteiger charge is 2.10. The topological polar surface area (TPSA) is 20.2 Å². The van der Waals surface area contributed by atoms with Crippen molar-refractivity contribution in [1.29, 1.82) is 0 Å². The van der Waals surface area contributed by atoms with Gasteiger partial charge in [0.2, 0.25) is 0 Å². The van der Waals surface area contributed by atoms with E-state index in [-0.39, 0.29) is 6.10 Å². The molecule has 0 aromatic heterocycles. The maximum absolute atomic E-state index is 9.76. The summed E-state index contributed by atoms with van der Waals surface area (Å²) in [6.07, 6.45) is 1.38. The highest BCUT2D eigenvalue weighted by Crippen LogP contribution is 2.26. The van der Waals surface area contributed by atoms with Crippen LogP contribution in [0.1, 0.15) is 31.4 Å². The van der Waals surface area contributed by atoms with Gasteiger partial charge in [0.25, 0.3) is 0 Å². The number of rotatable bonds is 3. The first-order chi connectivity index (χ1) is 6.15. The van der Waals surface area contributed by atoms with Crippen LogP contribution in [0.25, 0.3) is 0 Å². The molecule has 0 bridgehead atoms. The number of benzene rings is 1. The van der Waals surface area contributed by atoms with Gasteiger partial charge in [-0.3, -0.25) is 0 Å². The maximum atomic E-state index is 9.76. The van der Waals surface area contributed by atoms with Gasteiger partial charge in [0.15, 0.2) is 0 Å². The Labute approximate surface area is 97.3 Å². The Kier molecular flexibility index (Phi) is 4.49. The van der Waals surface area contributed by atoms with E-state index in [1.165, 1.54) is 0 Å². The molecule has 0 saturated heterocycles. The fourth-order valence-corrected chi connectivity index (χ4v) is 2.07. The van der Waals surface area contributed by atoms with Crippen molar-refractivity contribution >= 4 is 34.2 Å². The number of aliphatic hydroxyl groups excluding tert-OH is 1. The van der Waals surface area contributed by atoms with Gasteiger partial charge in [-0.15, -0.1) is 0 Å². The molecule has 13 heavy (non-hydrogen) atoms. The Hall–Kier alpha value is 0.200. The molecule has 1 aromatic rings. The highest BCUT2D eigenvalue weighted by molar-refractivity contribution is 14.1. The standard InChI is InChI=1S/C10H12ClIO/c1-2-3-10(13)8-6-7(11)4-5-9(8)12/h4-6,10,13H,2-3H2,1H3. The number of halogens is 2. The van der Waals surface area contributed by atoms with Gasteiger partial charge in [0, 0.05) is 8.59 Å². The highest BCUT2D eigenvalue weighted by atomic mass is 127. The summed E-state index contributed by atoms with van der Waals surface area (Å²) in [6.45, 7) is 2.06. The van der Waals surface area contributed by atoms with E-state index in [9.17, 15) is 5.11 Å². The predicted octanol–water partition coefficient (Wildman–Crippen LogP) is 3.78. The molecular weight excluding hydrogens is 298 g/mol. The minimum Gasteiger partial charge on any atom is -0.388 e. The lowest BCUT2D eigenvalue weighted by Gasteiger charge is -2.11. The smallest absolute Gasteiger partial charge is 0.0800 e. The first-order valence-corrected chi connectivity index (χ1v) is 5.73. The van der Waals surface area contributed by atoms with Crippen LogP contribution in [0, 0.1) is 3.57 Å². The summed E-state index contributed by atoms with van der Waals surface area (Å²) >= 11 is 8.06. The van der Waals surface area contributed by atoms with Crippen molar-refractivity contribution in [2.45, 2.75) is 25.9 Å².